The number of halogens is 2. The van der Waals surface area contributed by atoms with E-state index in [2.05, 4.69) is 6.07 Å². The van der Waals surface area contributed by atoms with E-state index in [1.807, 2.05) is 12.1 Å². The summed E-state index contributed by atoms with van der Waals surface area (Å²) in [6.45, 7) is 0. The predicted octanol–water partition coefficient (Wildman–Crippen LogP) is 5.84. The molecule has 1 nitrogen and oxygen atoms in total. The summed E-state index contributed by atoms with van der Waals surface area (Å²) < 4.78 is 5.25. The van der Waals surface area contributed by atoms with Crippen LogP contribution in [0.15, 0.2) is 18.2 Å². The Morgan fingerprint density at radius 3 is 2.14 bits per heavy atom. The smallest absolute Gasteiger partial charge is 0.137 e. The van der Waals surface area contributed by atoms with Gasteiger partial charge in [0.15, 0.2) is 0 Å². The van der Waals surface area contributed by atoms with E-state index in [0.29, 0.717) is 10.4 Å². The van der Waals surface area contributed by atoms with Gasteiger partial charge in [0.05, 0.1) is 17.5 Å². The van der Waals surface area contributed by atoms with Crippen LogP contribution >= 0.6 is 23.2 Å². The van der Waals surface area contributed by atoms with Crippen LogP contribution in [0, 0.1) is 23.2 Å². The van der Waals surface area contributed by atoms with Crippen molar-refractivity contribution in [2.45, 2.75) is 43.9 Å². The Balaban J connectivity index is 1.65. The van der Waals surface area contributed by atoms with Gasteiger partial charge in [-0.15, -0.1) is 11.6 Å². The molecule has 1 unspecified atom stereocenters. The topological polar surface area (TPSA) is 9.23 Å². The highest BCUT2D eigenvalue weighted by Crippen LogP contribution is 2.65. The summed E-state index contributed by atoms with van der Waals surface area (Å²) in [7, 11) is 1.65. The third-order valence-electron chi connectivity index (χ3n) is 6.09. The van der Waals surface area contributed by atoms with Crippen molar-refractivity contribution in [3.8, 4) is 5.75 Å². The van der Waals surface area contributed by atoms with E-state index in [-0.39, 0.29) is 5.38 Å². The highest BCUT2D eigenvalue weighted by Gasteiger charge is 2.54. The molecular formula is C18H22Cl2O. The number of alkyl halides is 1. The van der Waals surface area contributed by atoms with Crippen LogP contribution in [0.25, 0.3) is 0 Å². The minimum Gasteiger partial charge on any atom is -0.495 e. The van der Waals surface area contributed by atoms with Gasteiger partial charge >= 0.3 is 0 Å². The first kappa shape index (κ1) is 14.2. The molecule has 4 fully saturated rings. The third kappa shape index (κ3) is 2.28. The van der Waals surface area contributed by atoms with E-state index >= 15 is 0 Å². The lowest BCUT2D eigenvalue weighted by atomic mass is 9.48. The molecule has 1 aromatic carbocycles. The van der Waals surface area contributed by atoms with E-state index in [4.69, 9.17) is 27.9 Å². The molecule has 0 heterocycles. The van der Waals surface area contributed by atoms with Crippen molar-refractivity contribution in [2.75, 3.05) is 7.11 Å². The normalized spacial score (nSPS) is 38.5. The second kappa shape index (κ2) is 5.06. The van der Waals surface area contributed by atoms with Gasteiger partial charge in [-0.2, -0.15) is 0 Å². The van der Waals surface area contributed by atoms with Crippen molar-refractivity contribution in [3.63, 3.8) is 0 Å². The number of hydrogen-bond acceptors (Lipinski definition) is 1. The zero-order valence-electron chi connectivity index (χ0n) is 12.4. The summed E-state index contributed by atoms with van der Waals surface area (Å²) in [5, 5.41) is 0.764. The number of ether oxygens (including phenoxy) is 1. The molecule has 0 radical (unpaired) electrons. The molecule has 4 saturated carbocycles. The van der Waals surface area contributed by atoms with E-state index in [1.54, 1.807) is 7.11 Å². The Hall–Kier alpha value is -0.400. The summed E-state index contributed by atoms with van der Waals surface area (Å²) in [5.41, 5.74) is 1.48. The van der Waals surface area contributed by atoms with Crippen molar-refractivity contribution >= 4 is 23.2 Å². The van der Waals surface area contributed by atoms with Gasteiger partial charge in [-0.3, -0.25) is 0 Å². The van der Waals surface area contributed by atoms with Gasteiger partial charge in [-0.1, -0.05) is 17.7 Å². The van der Waals surface area contributed by atoms with E-state index in [9.17, 15) is 0 Å². The summed E-state index contributed by atoms with van der Waals surface area (Å²) in [6, 6.07) is 6.06. The molecule has 0 aromatic heterocycles. The van der Waals surface area contributed by atoms with Crippen LogP contribution in [0.1, 0.15) is 49.5 Å². The monoisotopic (exact) mass is 324 g/mol. The van der Waals surface area contributed by atoms with Gasteiger partial charge < -0.3 is 4.74 Å². The Morgan fingerprint density at radius 2 is 1.67 bits per heavy atom. The minimum atomic E-state index is 0.0920. The maximum Gasteiger partial charge on any atom is 0.137 e. The lowest BCUT2D eigenvalue weighted by Crippen LogP contribution is -2.47. The number of benzene rings is 1. The fraction of sp³-hybridized carbons (Fsp3) is 0.667. The molecule has 0 N–H and O–H groups in total. The van der Waals surface area contributed by atoms with Crippen LogP contribution < -0.4 is 4.74 Å². The first-order valence-electron chi connectivity index (χ1n) is 8.07. The Labute approximate surface area is 137 Å². The van der Waals surface area contributed by atoms with Crippen LogP contribution in [-0.4, -0.2) is 7.11 Å². The highest BCUT2D eigenvalue weighted by molar-refractivity contribution is 6.32. The minimum absolute atomic E-state index is 0.0920. The van der Waals surface area contributed by atoms with Crippen molar-refractivity contribution in [1.29, 1.82) is 0 Å². The van der Waals surface area contributed by atoms with Gasteiger partial charge in [-0.25, -0.2) is 0 Å². The first-order chi connectivity index (χ1) is 10.1. The highest BCUT2D eigenvalue weighted by atomic mass is 35.5. The van der Waals surface area contributed by atoms with Crippen LogP contribution in [0.2, 0.25) is 5.02 Å². The molecule has 4 aliphatic carbocycles. The van der Waals surface area contributed by atoms with Gasteiger partial charge in [0.25, 0.3) is 0 Å². The summed E-state index contributed by atoms with van der Waals surface area (Å²) in [4.78, 5) is 0. The van der Waals surface area contributed by atoms with Crippen LogP contribution in [0.4, 0.5) is 0 Å². The van der Waals surface area contributed by atoms with Gasteiger partial charge in [0.2, 0.25) is 0 Å². The second-order valence-corrected chi connectivity index (χ2v) is 8.38. The number of hydrogen-bond donors (Lipinski definition) is 0. The fourth-order valence-corrected chi connectivity index (χ4v) is 6.35. The molecule has 4 aliphatic rings. The molecule has 0 spiro atoms. The molecule has 0 saturated heterocycles. The largest absolute Gasteiger partial charge is 0.495 e. The summed E-state index contributed by atoms with van der Waals surface area (Å²) >= 11 is 13.3. The third-order valence-corrected chi connectivity index (χ3v) is 7.10. The van der Waals surface area contributed by atoms with Crippen LogP contribution in [0.5, 0.6) is 5.75 Å². The zero-order valence-corrected chi connectivity index (χ0v) is 14.0. The maximum atomic E-state index is 7.00. The van der Waals surface area contributed by atoms with Crippen molar-refractivity contribution in [3.05, 3.63) is 28.8 Å². The average Bonchev–Trinajstić information content (AvgIpc) is 2.45. The SMILES string of the molecule is COc1ccc(C(Cl)C23CC4CC(CC(C4)C2)C3)cc1Cl. The predicted molar refractivity (Wildman–Crippen MR) is 87.2 cm³/mol. The fourth-order valence-electron chi connectivity index (χ4n) is 5.68. The molecule has 1 atom stereocenters. The molecule has 3 heteroatoms. The lowest BCUT2D eigenvalue weighted by molar-refractivity contribution is -0.0552. The van der Waals surface area contributed by atoms with E-state index < -0.39 is 0 Å². The number of rotatable bonds is 3. The average molecular weight is 325 g/mol. The van der Waals surface area contributed by atoms with Crippen molar-refractivity contribution < 1.29 is 4.74 Å². The Morgan fingerprint density at radius 1 is 1.10 bits per heavy atom. The summed E-state index contributed by atoms with van der Waals surface area (Å²) in [5.74, 6) is 3.50. The van der Waals surface area contributed by atoms with Crippen LogP contribution in [-0.2, 0) is 0 Å². The Bertz CT molecular complexity index is 519. The molecular weight excluding hydrogens is 303 g/mol. The van der Waals surface area contributed by atoms with Gasteiger partial charge in [-0.05, 0) is 79.4 Å². The quantitative estimate of drug-likeness (QED) is 0.634. The molecule has 21 heavy (non-hydrogen) atoms. The van der Waals surface area contributed by atoms with Crippen molar-refractivity contribution in [1.82, 2.24) is 0 Å². The molecule has 1 aromatic rings. The lowest BCUT2D eigenvalue weighted by Gasteiger charge is -2.58. The Kier molecular flexibility index (Phi) is 3.42. The maximum absolute atomic E-state index is 7.00. The number of methoxy groups -OCH3 is 1. The zero-order chi connectivity index (χ0) is 14.6. The molecule has 4 bridgehead atoms. The molecule has 0 amide bonds. The van der Waals surface area contributed by atoms with E-state index in [1.165, 1.54) is 44.1 Å². The second-order valence-electron chi connectivity index (χ2n) is 7.54. The van der Waals surface area contributed by atoms with Gasteiger partial charge in [0.1, 0.15) is 5.75 Å². The van der Waals surface area contributed by atoms with E-state index in [0.717, 1.165) is 23.5 Å². The standard InChI is InChI=1S/C18H22Cl2O/c1-21-16-3-2-14(7-15(16)19)17(20)18-8-11-4-12(9-18)6-13(5-11)10-18/h2-3,7,11-13,17H,4-6,8-10H2,1H3. The van der Waals surface area contributed by atoms with Crippen molar-refractivity contribution in [2.24, 2.45) is 23.2 Å². The summed E-state index contributed by atoms with van der Waals surface area (Å²) in [6.07, 6.45) is 8.30. The first-order valence-corrected chi connectivity index (χ1v) is 8.88. The molecule has 0 aliphatic heterocycles. The molecule has 114 valence electrons. The van der Waals surface area contributed by atoms with Crippen LogP contribution in [0.3, 0.4) is 0 Å². The molecule has 5 rings (SSSR count). The van der Waals surface area contributed by atoms with Gasteiger partial charge in [0, 0.05) is 0 Å².